The first-order valence-electron chi connectivity index (χ1n) is 2.99. The Balaban J connectivity index is 3.01. The van der Waals surface area contributed by atoms with Crippen LogP contribution in [0, 0.1) is 13.8 Å². The molecule has 0 spiro atoms. The molecule has 0 aromatic carbocycles. The molecule has 0 aliphatic carbocycles. The van der Waals surface area contributed by atoms with Crippen LogP contribution in [0.4, 0.5) is 5.00 Å². The predicted molar refractivity (Wildman–Crippen MR) is 43.3 cm³/mol. The Bertz CT molecular complexity index is 203. The second-order valence-corrected chi connectivity index (χ2v) is 3.38. The molecule has 0 saturated carbocycles. The third kappa shape index (κ3) is 1.24. The molecular weight excluding hydrogens is 130 g/mol. The van der Waals surface area contributed by atoms with Crippen LogP contribution in [-0.2, 0) is 0 Å². The Morgan fingerprint density at radius 1 is 1.44 bits per heavy atom. The van der Waals surface area contributed by atoms with Crippen LogP contribution in [0.25, 0.3) is 0 Å². The summed E-state index contributed by atoms with van der Waals surface area (Å²) < 4.78 is 0. The molecule has 2 heteroatoms. The van der Waals surface area contributed by atoms with Gasteiger partial charge < -0.3 is 5.32 Å². The van der Waals surface area contributed by atoms with Gasteiger partial charge >= 0.3 is 0 Å². The molecular formula is C7H11NS. The number of aryl methyl sites for hydroxylation is 2. The van der Waals surface area contributed by atoms with Crippen LogP contribution in [0.3, 0.4) is 0 Å². The van der Waals surface area contributed by atoms with Gasteiger partial charge in [-0.25, -0.2) is 0 Å². The molecule has 50 valence electrons. The van der Waals surface area contributed by atoms with Crippen molar-refractivity contribution >= 4 is 16.3 Å². The van der Waals surface area contributed by atoms with E-state index in [0.29, 0.717) is 0 Å². The second-order valence-electron chi connectivity index (χ2n) is 2.12. The molecule has 0 saturated heterocycles. The van der Waals surface area contributed by atoms with Gasteiger partial charge in [-0.15, -0.1) is 11.3 Å². The van der Waals surface area contributed by atoms with Crippen molar-refractivity contribution < 1.29 is 0 Å². The molecule has 1 aromatic rings. The minimum absolute atomic E-state index is 1.28. The van der Waals surface area contributed by atoms with E-state index in [1.807, 2.05) is 7.05 Å². The number of thiophene rings is 1. The summed E-state index contributed by atoms with van der Waals surface area (Å²) in [6.45, 7) is 4.24. The second kappa shape index (κ2) is 2.40. The van der Waals surface area contributed by atoms with Crippen LogP contribution in [-0.4, -0.2) is 7.05 Å². The molecule has 0 fully saturated rings. The first kappa shape index (κ1) is 6.62. The smallest absolute Gasteiger partial charge is 0.0912 e. The van der Waals surface area contributed by atoms with Crippen LogP contribution in [0.1, 0.15) is 10.4 Å². The van der Waals surface area contributed by atoms with Crippen LogP contribution in [0.15, 0.2) is 6.07 Å². The van der Waals surface area contributed by atoms with E-state index >= 15 is 0 Å². The standard InChI is InChI=1S/C7H11NS/c1-5-4-6(2)9-7(5)8-3/h4,8H,1-3H3. The Morgan fingerprint density at radius 3 is 2.33 bits per heavy atom. The van der Waals surface area contributed by atoms with Gasteiger partial charge in [0.2, 0.25) is 0 Å². The first-order chi connectivity index (χ1) is 4.24. The molecule has 0 aliphatic heterocycles. The number of hydrogen-bond donors (Lipinski definition) is 1. The average molecular weight is 141 g/mol. The summed E-state index contributed by atoms with van der Waals surface area (Å²) in [5, 5.41) is 4.42. The summed E-state index contributed by atoms with van der Waals surface area (Å²) >= 11 is 1.80. The zero-order valence-electron chi connectivity index (χ0n) is 5.99. The third-order valence-electron chi connectivity index (χ3n) is 1.27. The molecule has 0 amide bonds. The summed E-state index contributed by atoms with van der Waals surface area (Å²) in [5.41, 5.74) is 1.35. The predicted octanol–water partition coefficient (Wildman–Crippen LogP) is 2.41. The molecule has 1 rings (SSSR count). The molecule has 0 bridgehead atoms. The van der Waals surface area contributed by atoms with E-state index in [1.54, 1.807) is 11.3 Å². The number of anilines is 1. The Labute approximate surface area is 59.7 Å². The zero-order valence-corrected chi connectivity index (χ0v) is 6.80. The van der Waals surface area contributed by atoms with Crippen molar-refractivity contribution in [1.82, 2.24) is 0 Å². The van der Waals surface area contributed by atoms with Gasteiger partial charge in [0.1, 0.15) is 0 Å². The zero-order chi connectivity index (χ0) is 6.85. The van der Waals surface area contributed by atoms with Crippen molar-refractivity contribution in [2.24, 2.45) is 0 Å². The van der Waals surface area contributed by atoms with E-state index in [1.165, 1.54) is 15.4 Å². The van der Waals surface area contributed by atoms with Gasteiger partial charge in [0.25, 0.3) is 0 Å². The lowest BCUT2D eigenvalue weighted by atomic mass is 10.3. The number of rotatable bonds is 1. The van der Waals surface area contributed by atoms with Crippen molar-refractivity contribution in [2.75, 3.05) is 12.4 Å². The first-order valence-corrected chi connectivity index (χ1v) is 3.80. The quantitative estimate of drug-likeness (QED) is 0.633. The highest BCUT2D eigenvalue weighted by molar-refractivity contribution is 7.16. The van der Waals surface area contributed by atoms with Crippen LogP contribution in [0.5, 0.6) is 0 Å². The molecule has 9 heavy (non-hydrogen) atoms. The van der Waals surface area contributed by atoms with Gasteiger partial charge in [0.05, 0.1) is 5.00 Å². The highest BCUT2D eigenvalue weighted by Crippen LogP contribution is 2.25. The summed E-state index contributed by atoms with van der Waals surface area (Å²) in [7, 11) is 1.96. The Kier molecular flexibility index (Phi) is 1.76. The molecule has 1 heterocycles. The van der Waals surface area contributed by atoms with Crippen LogP contribution in [0.2, 0.25) is 0 Å². The van der Waals surface area contributed by atoms with E-state index in [4.69, 9.17) is 0 Å². The van der Waals surface area contributed by atoms with Gasteiger partial charge in [0, 0.05) is 11.9 Å². The van der Waals surface area contributed by atoms with Crippen LogP contribution < -0.4 is 5.32 Å². The number of hydrogen-bond acceptors (Lipinski definition) is 2. The van der Waals surface area contributed by atoms with E-state index in [2.05, 4.69) is 25.2 Å². The molecule has 1 aromatic heterocycles. The summed E-state index contributed by atoms with van der Waals surface area (Å²) in [6.07, 6.45) is 0. The third-order valence-corrected chi connectivity index (χ3v) is 2.44. The van der Waals surface area contributed by atoms with Gasteiger partial charge in [-0.2, -0.15) is 0 Å². The molecule has 0 aliphatic rings. The van der Waals surface area contributed by atoms with E-state index in [9.17, 15) is 0 Å². The normalized spacial score (nSPS) is 9.67. The minimum Gasteiger partial charge on any atom is -0.380 e. The molecule has 1 nitrogen and oxygen atoms in total. The SMILES string of the molecule is CNc1sc(C)cc1C. The maximum absolute atomic E-state index is 3.13. The fraction of sp³-hybridized carbons (Fsp3) is 0.429. The molecule has 0 unspecified atom stereocenters. The van der Waals surface area contributed by atoms with Crippen LogP contribution >= 0.6 is 11.3 Å². The van der Waals surface area contributed by atoms with Gasteiger partial charge in [0.15, 0.2) is 0 Å². The van der Waals surface area contributed by atoms with Crippen molar-refractivity contribution in [3.05, 3.63) is 16.5 Å². The highest BCUT2D eigenvalue weighted by atomic mass is 32.1. The number of nitrogens with one attached hydrogen (secondary N) is 1. The molecule has 1 N–H and O–H groups in total. The van der Waals surface area contributed by atoms with E-state index < -0.39 is 0 Å². The van der Waals surface area contributed by atoms with Crippen molar-refractivity contribution in [2.45, 2.75) is 13.8 Å². The van der Waals surface area contributed by atoms with E-state index in [0.717, 1.165) is 0 Å². The van der Waals surface area contributed by atoms with Crippen molar-refractivity contribution in [3.63, 3.8) is 0 Å². The lowest BCUT2D eigenvalue weighted by Gasteiger charge is -1.92. The Morgan fingerprint density at radius 2 is 2.11 bits per heavy atom. The monoisotopic (exact) mass is 141 g/mol. The summed E-state index contributed by atoms with van der Waals surface area (Å²) in [5.74, 6) is 0. The largest absolute Gasteiger partial charge is 0.380 e. The maximum Gasteiger partial charge on any atom is 0.0912 e. The Hall–Kier alpha value is -0.500. The van der Waals surface area contributed by atoms with Crippen molar-refractivity contribution in [1.29, 1.82) is 0 Å². The highest BCUT2D eigenvalue weighted by Gasteiger charge is 1.97. The lowest BCUT2D eigenvalue weighted by molar-refractivity contribution is 1.46. The fourth-order valence-corrected chi connectivity index (χ4v) is 1.77. The minimum atomic E-state index is 1.28. The van der Waals surface area contributed by atoms with Gasteiger partial charge in [-0.1, -0.05) is 0 Å². The topological polar surface area (TPSA) is 12.0 Å². The lowest BCUT2D eigenvalue weighted by Crippen LogP contribution is -1.83. The van der Waals surface area contributed by atoms with Gasteiger partial charge in [-0.05, 0) is 25.5 Å². The summed E-state index contributed by atoms with van der Waals surface area (Å²) in [6, 6.07) is 2.19. The van der Waals surface area contributed by atoms with Crippen molar-refractivity contribution in [3.8, 4) is 0 Å². The van der Waals surface area contributed by atoms with E-state index in [-0.39, 0.29) is 0 Å². The maximum atomic E-state index is 3.13. The van der Waals surface area contributed by atoms with Gasteiger partial charge in [-0.3, -0.25) is 0 Å². The molecule has 0 atom stereocenters. The summed E-state index contributed by atoms with van der Waals surface area (Å²) in [4.78, 5) is 1.37. The fourth-order valence-electron chi connectivity index (χ4n) is 0.890. The molecule has 0 radical (unpaired) electrons. The average Bonchev–Trinajstić information content (AvgIpc) is 2.10.